The van der Waals surface area contributed by atoms with Gasteiger partial charge in [0.05, 0.1) is 17.1 Å². The van der Waals surface area contributed by atoms with Crippen molar-refractivity contribution in [3.63, 3.8) is 0 Å². The lowest BCUT2D eigenvalue weighted by Gasteiger charge is -2.54. The predicted octanol–water partition coefficient (Wildman–Crippen LogP) is 4.84. The van der Waals surface area contributed by atoms with Crippen LogP contribution in [0.2, 0.25) is 5.02 Å². The minimum atomic E-state index is -0.966. The summed E-state index contributed by atoms with van der Waals surface area (Å²) in [5.74, 6) is 0.117. The summed E-state index contributed by atoms with van der Waals surface area (Å²) in [4.78, 5) is 27.9. The van der Waals surface area contributed by atoms with Crippen molar-refractivity contribution in [3.05, 3.63) is 63.6 Å². The molecule has 0 saturated carbocycles. The lowest BCUT2D eigenvalue weighted by molar-refractivity contribution is -0.147. The summed E-state index contributed by atoms with van der Waals surface area (Å²) in [6.07, 6.45) is -0.116. The number of benzene rings is 2. The van der Waals surface area contributed by atoms with Gasteiger partial charge in [0.25, 0.3) is 0 Å². The summed E-state index contributed by atoms with van der Waals surface area (Å²) >= 11 is 9.39. The molecule has 0 spiro atoms. The van der Waals surface area contributed by atoms with Crippen LogP contribution < -0.4 is 4.74 Å². The molecule has 2 aromatic carbocycles. The first kappa shape index (κ1) is 25.5. The number of rotatable bonds is 9. The van der Waals surface area contributed by atoms with Gasteiger partial charge in [-0.05, 0) is 65.5 Å². The van der Waals surface area contributed by atoms with E-state index in [4.69, 9.17) is 21.1 Å². The third kappa shape index (κ3) is 6.26. The number of hydrogen-bond acceptors (Lipinski definition) is 6. The van der Waals surface area contributed by atoms with Crippen molar-refractivity contribution >= 4 is 39.6 Å². The Bertz CT molecular complexity index is 974. The van der Waals surface area contributed by atoms with Gasteiger partial charge in [-0.2, -0.15) is 0 Å². The highest BCUT2D eigenvalue weighted by Crippen LogP contribution is 2.37. The van der Waals surface area contributed by atoms with Crippen molar-refractivity contribution in [2.75, 3.05) is 20.2 Å². The number of esters is 1. The number of aliphatic hydroxyl groups is 1. The van der Waals surface area contributed by atoms with E-state index < -0.39 is 17.9 Å². The number of likely N-dealkylation sites (tertiary alicyclic amines) is 1. The van der Waals surface area contributed by atoms with Gasteiger partial charge in [0.2, 0.25) is 0 Å². The summed E-state index contributed by atoms with van der Waals surface area (Å²) < 4.78 is 11.0. The number of aliphatic hydroxyl groups excluding tert-OH is 1. The first-order chi connectivity index (χ1) is 15.7. The third-order valence-corrected chi connectivity index (χ3v) is 6.87. The number of para-hydroxylation sites is 1. The zero-order valence-corrected chi connectivity index (χ0v) is 21.0. The largest absolute Gasteiger partial charge is 0.469 e. The summed E-state index contributed by atoms with van der Waals surface area (Å²) in [6, 6.07) is 14.5. The first-order valence-corrected chi connectivity index (χ1v) is 11.9. The molecule has 0 aliphatic carbocycles. The molecule has 9 heteroatoms. The Morgan fingerprint density at radius 2 is 1.94 bits per heavy atom. The van der Waals surface area contributed by atoms with Crippen molar-refractivity contribution in [2.24, 2.45) is 0 Å². The molecule has 3 rings (SSSR count). The summed E-state index contributed by atoms with van der Waals surface area (Å²) in [6.45, 7) is 3.20. The molecule has 0 radical (unpaired) electrons. The maximum absolute atomic E-state index is 12.9. The molecule has 1 aliphatic rings. The van der Waals surface area contributed by atoms with Crippen LogP contribution in [0.1, 0.15) is 31.7 Å². The fourth-order valence-corrected chi connectivity index (χ4v) is 4.35. The summed E-state index contributed by atoms with van der Waals surface area (Å²) in [5.41, 5.74) is 0.123. The molecule has 1 amide bonds. The molecular formula is C24H28BrClN2O5. The second-order valence-electron chi connectivity index (χ2n) is 8.21. The molecule has 1 saturated heterocycles. The second kappa shape index (κ2) is 11.3. The molecule has 1 N–H and O–H groups in total. The van der Waals surface area contributed by atoms with E-state index >= 15 is 0 Å². The number of halogens is 2. The quantitative estimate of drug-likeness (QED) is 0.363. The minimum Gasteiger partial charge on any atom is -0.469 e. The van der Waals surface area contributed by atoms with Gasteiger partial charge < -0.3 is 14.6 Å². The van der Waals surface area contributed by atoms with Crippen molar-refractivity contribution in [3.8, 4) is 5.75 Å². The molecule has 178 valence electrons. The first-order valence-electron chi connectivity index (χ1n) is 10.7. The lowest BCUT2D eigenvalue weighted by atomic mass is 9.84. The van der Waals surface area contributed by atoms with Crippen LogP contribution in [0.15, 0.2) is 53.0 Å². The van der Waals surface area contributed by atoms with Gasteiger partial charge >= 0.3 is 12.1 Å². The van der Waals surface area contributed by atoms with Gasteiger partial charge in [-0.3, -0.25) is 14.6 Å². The average molecular weight is 540 g/mol. The Morgan fingerprint density at radius 1 is 1.24 bits per heavy atom. The van der Waals surface area contributed by atoms with Gasteiger partial charge in [-0.25, -0.2) is 4.79 Å². The maximum Gasteiger partial charge on any atom is 0.415 e. The van der Waals surface area contributed by atoms with E-state index in [1.165, 1.54) is 7.11 Å². The molecule has 2 aromatic rings. The Hall–Kier alpha value is -2.13. The van der Waals surface area contributed by atoms with E-state index in [1.807, 2.05) is 30.0 Å². The summed E-state index contributed by atoms with van der Waals surface area (Å²) in [5, 5.41) is 12.0. The van der Waals surface area contributed by atoms with Crippen molar-refractivity contribution in [2.45, 2.75) is 44.5 Å². The van der Waals surface area contributed by atoms with Crippen LogP contribution in [0.4, 0.5) is 4.79 Å². The number of methoxy groups -OCH3 is 1. The molecular weight excluding hydrogens is 512 g/mol. The zero-order valence-electron chi connectivity index (χ0n) is 18.7. The van der Waals surface area contributed by atoms with Crippen LogP contribution in [0.3, 0.4) is 0 Å². The van der Waals surface area contributed by atoms with E-state index in [1.54, 1.807) is 35.2 Å². The number of hydrogen-bond donors (Lipinski definition) is 1. The highest BCUT2D eigenvalue weighted by Gasteiger charge is 2.51. The Labute approximate surface area is 207 Å². The zero-order chi connectivity index (χ0) is 24.0. The minimum absolute atomic E-state index is 0.241. The van der Waals surface area contributed by atoms with Gasteiger partial charge in [0.1, 0.15) is 12.0 Å². The van der Waals surface area contributed by atoms with E-state index in [0.717, 1.165) is 5.56 Å². The van der Waals surface area contributed by atoms with Crippen LogP contribution in [0.25, 0.3) is 0 Å². The van der Waals surface area contributed by atoms with Gasteiger partial charge in [-0.1, -0.05) is 35.9 Å². The van der Waals surface area contributed by atoms with Crippen LogP contribution in [-0.4, -0.2) is 58.9 Å². The van der Waals surface area contributed by atoms with Crippen LogP contribution >= 0.6 is 27.5 Å². The third-order valence-electron chi connectivity index (χ3n) is 5.97. The number of carbonyl (C=O) groups is 2. The van der Waals surface area contributed by atoms with Crippen LogP contribution in [-0.2, 0) is 16.1 Å². The Kier molecular flexibility index (Phi) is 8.75. The fourth-order valence-electron chi connectivity index (χ4n) is 3.86. The van der Waals surface area contributed by atoms with E-state index in [9.17, 15) is 14.7 Å². The Balaban J connectivity index is 1.73. The molecule has 1 aliphatic heterocycles. The normalized spacial score (nSPS) is 18.5. The fraction of sp³-hybridized carbons (Fsp3) is 0.417. The van der Waals surface area contributed by atoms with Gasteiger partial charge in [0.15, 0.2) is 0 Å². The van der Waals surface area contributed by atoms with Crippen LogP contribution in [0.5, 0.6) is 5.75 Å². The number of ether oxygens (including phenoxy) is 2. The Morgan fingerprint density at radius 3 is 2.55 bits per heavy atom. The molecule has 0 bridgehead atoms. The van der Waals surface area contributed by atoms with Crippen molar-refractivity contribution in [1.29, 1.82) is 0 Å². The van der Waals surface area contributed by atoms with Gasteiger partial charge in [-0.15, -0.1) is 0 Å². The molecule has 1 fully saturated rings. The number of carbonyl (C=O) groups excluding carboxylic acids is 2. The topological polar surface area (TPSA) is 79.3 Å². The maximum atomic E-state index is 12.9. The summed E-state index contributed by atoms with van der Waals surface area (Å²) in [7, 11) is 1.35. The van der Waals surface area contributed by atoms with E-state index in [0.29, 0.717) is 47.7 Å². The van der Waals surface area contributed by atoms with E-state index in [2.05, 4.69) is 15.9 Å². The average Bonchev–Trinajstić information content (AvgIpc) is 2.79. The molecule has 33 heavy (non-hydrogen) atoms. The monoisotopic (exact) mass is 538 g/mol. The lowest BCUT2D eigenvalue weighted by Crippen LogP contribution is -2.70. The SMILES string of the molecule is COC(=O)CCCN(Cc1ccc(Cl)cc1)C(O)C1(C)CCN1C(=O)Oc1ccccc1Br. The predicted molar refractivity (Wildman–Crippen MR) is 129 cm³/mol. The molecule has 1 heterocycles. The second-order valence-corrected chi connectivity index (χ2v) is 9.50. The number of amides is 1. The smallest absolute Gasteiger partial charge is 0.415 e. The van der Waals surface area contributed by atoms with Crippen LogP contribution in [0, 0.1) is 0 Å². The standard InChI is InChI=1S/C24H28BrClN2O5/c1-24(13-15-28(24)23(31)33-20-7-4-3-6-19(20)25)22(30)27(14-5-8-21(29)32-2)16-17-9-11-18(26)12-10-17/h3-4,6-7,9-12,22,30H,5,8,13-16H2,1-2H3. The molecule has 2 atom stereocenters. The van der Waals surface area contributed by atoms with Gasteiger partial charge in [0, 0.05) is 31.1 Å². The van der Waals surface area contributed by atoms with Crippen molar-refractivity contribution < 1.29 is 24.2 Å². The van der Waals surface area contributed by atoms with Crippen molar-refractivity contribution in [1.82, 2.24) is 9.80 Å². The molecule has 2 unspecified atom stereocenters. The van der Waals surface area contributed by atoms with E-state index in [-0.39, 0.29) is 12.4 Å². The number of nitrogens with zero attached hydrogens (tertiary/aromatic N) is 2. The highest BCUT2D eigenvalue weighted by atomic mass is 79.9. The highest BCUT2D eigenvalue weighted by molar-refractivity contribution is 9.10. The molecule has 0 aromatic heterocycles. The molecule has 7 nitrogen and oxygen atoms in total.